The summed E-state index contributed by atoms with van der Waals surface area (Å²) in [5, 5.41) is 10.4. The second kappa shape index (κ2) is 4.70. The lowest BCUT2D eigenvalue weighted by molar-refractivity contribution is 0.0659. The van der Waals surface area contributed by atoms with Crippen molar-refractivity contribution in [3.63, 3.8) is 0 Å². The first-order chi connectivity index (χ1) is 9.86. The summed E-state index contributed by atoms with van der Waals surface area (Å²) >= 11 is 1.55. The summed E-state index contributed by atoms with van der Waals surface area (Å²) in [6.07, 6.45) is 0. The van der Waals surface area contributed by atoms with Crippen LogP contribution in [0.15, 0.2) is 34.7 Å². The van der Waals surface area contributed by atoms with Crippen LogP contribution in [0, 0.1) is 0 Å². The van der Waals surface area contributed by atoms with Crippen LogP contribution in [0.5, 0.6) is 0 Å². The molecule has 5 heteroatoms. The maximum atomic E-state index is 11.4. The van der Waals surface area contributed by atoms with Crippen LogP contribution >= 0.6 is 11.3 Å². The molecule has 3 rings (SSSR count). The van der Waals surface area contributed by atoms with Gasteiger partial charge in [0.05, 0.1) is 4.88 Å². The first-order valence-electron chi connectivity index (χ1n) is 6.60. The number of nitrogens with zero attached hydrogens (tertiary/aromatic N) is 1. The van der Waals surface area contributed by atoms with Crippen molar-refractivity contribution in [2.45, 2.75) is 26.2 Å². The number of hydrogen-bond donors (Lipinski definition) is 1. The van der Waals surface area contributed by atoms with Gasteiger partial charge in [0, 0.05) is 10.1 Å². The first-order valence-corrected chi connectivity index (χ1v) is 7.41. The molecule has 1 N–H and O–H groups in total. The molecule has 4 nitrogen and oxygen atoms in total. The molecule has 0 unspecified atom stereocenters. The molecule has 2 heterocycles. The van der Waals surface area contributed by atoms with Gasteiger partial charge in [0.15, 0.2) is 0 Å². The Morgan fingerprint density at radius 1 is 1.29 bits per heavy atom. The fraction of sp³-hybridized carbons (Fsp3) is 0.250. The van der Waals surface area contributed by atoms with Crippen molar-refractivity contribution in [2.24, 2.45) is 0 Å². The lowest BCUT2D eigenvalue weighted by Gasteiger charge is -2.14. The van der Waals surface area contributed by atoms with Crippen LogP contribution in [0.3, 0.4) is 0 Å². The number of thiophene rings is 1. The zero-order valence-corrected chi connectivity index (χ0v) is 12.8. The monoisotopic (exact) mass is 301 g/mol. The second-order valence-electron chi connectivity index (χ2n) is 5.90. The van der Waals surface area contributed by atoms with Crippen LogP contribution in [-0.2, 0) is 5.41 Å². The van der Waals surface area contributed by atoms with E-state index in [0.29, 0.717) is 11.6 Å². The molecule has 0 saturated carbocycles. The number of benzene rings is 1. The number of oxazole rings is 1. The van der Waals surface area contributed by atoms with Crippen LogP contribution in [0.4, 0.5) is 0 Å². The van der Waals surface area contributed by atoms with Crippen LogP contribution in [0.1, 0.15) is 37.0 Å². The van der Waals surface area contributed by atoms with Crippen molar-refractivity contribution in [3.8, 4) is 10.8 Å². The van der Waals surface area contributed by atoms with Crippen LogP contribution in [0.25, 0.3) is 20.9 Å². The topological polar surface area (TPSA) is 63.3 Å². The second-order valence-corrected chi connectivity index (χ2v) is 6.98. The Labute approximate surface area is 126 Å². The summed E-state index contributed by atoms with van der Waals surface area (Å²) in [6, 6.07) is 9.96. The quantitative estimate of drug-likeness (QED) is 0.754. The van der Waals surface area contributed by atoms with E-state index in [1.54, 1.807) is 11.3 Å². The molecule has 0 atom stereocenters. The molecule has 0 fully saturated rings. The molecular formula is C16H15NO3S. The van der Waals surface area contributed by atoms with Gasteiger partial charge in [-0.05, 0) is 17.5 Å². The van der Waals surface area contributed by atoms with Gasteiger partial charge in [0.2, 0.25) is 11.7 Å². The molecular weight excluding hydrogens is 286 g/mol. The molecule has 3 aromatic rings. The van der Waals surface area contributed by atoms with E-state index in [9.17, 15) is 9.90 Å². The minimum absolute atomic E-state index is 0.0741. The zero-order valence-electron chi connectivity index (χ0n) is 12.0. The van der Waals surface area contributed by atoms with Crippen molar-refractivity contribution in [1.29, 1.82) is 0 Å². The SMILES string of the molecule is CC(C)(C)c1nc(-c2cc3ccccc3s2)oc1C(=O)O. The Bertz CT molecular complexity index is 791. The maximum absolute atomic E-state index is 11.4. The first kappa shape index (κ1) is 13.8. The molecule has 0 spiro atoms. The molecule has 108 valence electrons. The third-order valence-corrected chi connectivity index (χ3v) is 4.27. The number of fused-ring (bicyclic) bond motifs is 1. The Hall–Kier alpha value is -2.14. The lowest BCUT2D eigenvalue weighted by Crippen LogP contribution is -2.16. The number of carbonyl (C=O) groups is 1. The van der Waals surface area contributed by atoms with Crippen LogP contribution in [0.2, 0.25) is 0 Å². The summed E-state index contributed by atoms with van der Waals surface area (Å²) in [4.78, 5) is 16.6. The number of aromatic carboxylic acids is 1. The van der Waals surface area contributed by atoms with Gasteiger partial charge in [-0.2, -0.15) is 0 Å². The zero-order chi connectivity index (χ0) is 15.2. The van der Waals surface area contributed by atoms with Gasteiger partial charge < -0.3 is 9.52 Å². The highest BCUT2D eigenvalue weighted by Crippen LogP contribution is 2.36. The summed E-state index contributed by atoms with van der Waals surface area (Å²) in [7, 11) is 0. The number of rotatable bonds is 2. The molecule has 21 heavy (non-hydrogen) atoms. The highest BCUT2D eigenvalue weighted by molar-refractivity contribution is 7.22. The van der Waals surface area contributed by atoms with E-state index >= 15 is 0 Å². The van der Waals surface area contributed by atoms with Crippen molar-refractivity contribution in [1.82, 2.24) is 4.98 Å². The standard InChI is InChI=1S/C16H15NO3S/c1-16(2,3)13-12(15(18)19)20-14(17-13)11-8-9-6-4-5-7-10(9)21-11/h4-8H,1-3H3,(H,18,19). The third-order valence-electron chi connectivity index (χ3n) is 3.17. The molecule has 0 aliphatic carbocycles. The summed E-state index contributed by atoms with van der Waals surface area (Å²) in [5.41, 5.74) is 0.0917. The van der Waals surface area contributed by atoms with Crippen molar-refractivity contribution < 1.29 is 14.3 Å². The molecule has 0 bridgehead atoms. The summed E-state index contributed by atoms with van der Waals surface area (Å²) in [5.74, 6) is -0.784. The Balaban J connectivity index is 2.16. The fourth-order valence-corrected chi connectivity index (χ4v) is 3.15. The van der Waals surface area contributed by atoms with E-state index < -0.39 is 5.97 Å². The van der Waals surface area contributed by atoms with Gasteiger partial charge in [0.1, 0.15) is 5.69 Å². The smallest absolute Gasteiger partial charge is 0.373 e. The van der Waals surface area contributed by atoms with Gasteiger partial charge >= 0.3 is 5.97 Å². The predicted octanol–water partition coefficient (Wildman–Crippen LogP) is 4.55. The lowest BCUT2D eigenvalue weighted by atomic mass is 9.91. The molecule has 0 aliphatic heterocycles. The molecule has 2 aromatic heterocycles. The van der Waals surface area contributed by atoms with Crippen LogP contribution in [-0.4, -0.2) is 16.1 Å². The molecule has 0 amide bonds. The minimum Gasteiger partial charge on any atom is -0.475 e. The van der Waals surface area contributed by atoms with E-state index in [1.165, 1.54) is 0 Å². The number of hydrogen-bond acceptors (Lipinski definition) is 4. The van der Waals surface area contributed by atoms with Crippen molar-refractivity contribution in [2.75, 3.05) is 0 Å². The number of carboxylic acids is 1. The highest BCUT2D eigenvalue weighted by atomic mass is 32.1. The Kier molecular flexibility index (Phi) is 3.10. The van der Waals surface area contributed by atoms with E-state index in [-0.39, 0.29) is 11.2 Å². The summed E-state index contributed by atoms with van der Waals surface area (Å²) < 4.78 is 6.64. The third kappa shape index (κ3) is 2.45. The molecule has 0 aliphatic rings. The highest BCUT2D eigenvalue weighted by Gasteiger charge is 2.29. The number of carboxylic acid groups (broad SMARTS) is 1. The average molecular weight is 301 g/mol. The van der Waals surface area contributed by atoms with E-state index in [2.05, 4.69) is 4.98 Å². The predicted molar refractivity (Wildman–Crippen MR) is 83.0 cm³/mol. The molecule has 0 saturated heterocycles. The van der Waals surface area contributed by atoms with E-state index in [0.717, 1.165) is 15.0 Å². The minimum atomic E-state index is -1.08. The fourth-order valence-electron chi connectivity index (χ4n) is 2.17. The summed E-state index contributed by atoms with van der Waals surface area (Å²) in [6.45, 7) is 5.77. The van der Waals surface area contributed by atoms with E-state index in [4.69, 9.17) is 4.42 Å². The van der Waals surface area contributed by atoms with Crippen LogP contribution < -0.4 is 0 Å². The average Bonchev–Trinajstić information content (AvgIpc) is 3.02. The van der Waals surface area contributed by atoms with Crippen molar-refractivity contribution in [3.05, 3.63) is 41.8 Å². The van der Waals surface area contributed by atoms with Gasteiger partial charge in [0.25, 0.3) is 0 Å². The number of aromatic nitrogens is 1. The molecule has 0 radical (unpaired) electrons. The normalized spacial score (nSPS) is 12.0. The Morgan fingerprint density at radius 2 is 2.00 bits per heavy atom. The van der Waals surface area contributed by atoms with E-state index in [1.807, 2.05) is 51.1 Å². The maximum Gasteiger partial charge on any atom is 0.373 e. The molecule has 1 aromatic carbocycles. The largest absolute Gasteiger partial charge is 0.475 e. The Morgan fingerprint density at radius 3 is 2.57 bits per heavy atom. The van der Waals surface area contributed by atoms with Gasteiger partial charge in [-0.1, -0.05) is 39.0 Å². The van der Waals surface area contributed by atoms with Gasteiger partial charge in [-0.3, -0.25) is 0 Å². The van der Waals surface area contributed by atoms with Gasteiger partial charge in [-0.25, -0.2) is 9.78 Å². The van der Waals surface area contributed by atoms with Gasteiger partial charge in [-0.15, -0.1) is 11.3 Å². The van der Waals surface area contributed by atoms with Crippen molar-refractivity contribution >= 4 is 27.4 Å².